The minimum absolute atomic E-state index is 0.364. The highest BCUT2D eigenvalue weighted by Crippen LogP contribution is 2.39. The SMILES string of the molecule is CCCCCCOc1cccc(C(CCC(C)C)C(=O)O)c1C(CCC(C)C)C(=O)O. The van der Waals surface area contributed by atoms with Crippen molar-refractivity contribution in [2.75, 3.05) is 6.61 Å². The predicted octanol–water partition coefficient (Wildman–Crippen LogP) is 6.85. The van der Waals surface area contributed by atoms with Crippen LogP contribution in [-0.2, 0) is 9.59 Å². The van der Waals surface area contributed by atoms with Gasteiger partial charge < -0.3 is 14.9 Å². The molecule has 5 heteroatoms. The topological polar surface area (TPSA) is 83.8 Å². The van der Waals surface area contributed by atoms with Gasteiger partial charge in [0.2, 0.25) is 0 Å². The molecule has 1 aromatic rings. The van der Waals surface area contributed by atoms with E-state index in [1.807, 2.05) is 0 Å². The Morgan fingerprint density at radius 3 is 1.94 bits per heavy atom. The number of hydrogen-bond donors (Lipinski definition) is 2. The van der Waals surface area contributed by atoms with Crippen LogP contribution < -0.4 is 4.74 Å². The van der Waals surface area contributed by atoms with Crippen LogP contribution in [-0.4, -0.2) is 28.8 Å². The van der Waals surface area contributed by atoms with Gasteiger partial charge in [-0.3, -0.25) is 9.59 Å². The number of benzene rings is 1. The number of rotatable bonds is 16. The third-order valence-corrected chi connectivity index (χ3v) is 5.74. The maximum atomic E-state index is 12.3. The van der Waals surface area contributed by atoms with E-state index in [0.717, 1.165) is 38.5 Å². The van der Waals surface area contributed by atoms with E-state index < -0.39 is 23.8 Å². The van der Waals surface area contributed by atoms with E-state index in [9.17, 15) is 19.8 Å². The molecule has 0 radical (unpaired) electrons. The van der Waals surface area contributed by atoms with Gasteiger partial charge in [-0.05, 0) is 55.6 Å². The zero-order chi connectivity index (χ0) is 23.4. The van der Waals surface area contributed by atoms with Gasteiger partial charge >= 0.3 is 11.9 Å². The van der Waals surface area contributed by atoms with Crippen LogP contribution in [0.4, 0.5) is 0 Å². The molecule has 176 valence electrons. The third-order valence-electron chi connectivity index (χ3n) is 5.74. The molecule has 5 nitrogen and oxygen atoms in total. The van der Waals surface area contributed by atoms with Gasteiger partial charge in [-0.2, -0.15) is 0 Å². The summed E-state index contributed by atoms with van der Waals surface area (Å²) >= 11 is 0. The van der Waals surface area contributed by atoms with Crippen LogP contribution in [0.1, 0.15) is 109 Å². The molecule has 0 heterocycles. The zero-order valence-corrected chi connectivity index (χ0v) is 20.0. The normalized spacial score (nSPS) is 13.4. The summed E-state index contributed by atoms with van der Waals surface area (Å²) in [6.45, 7) is 10.9. The Balaban J connectivity index is 3.37. The Bertz CT molecular complexity index is 680. The summed E-state index contributed by atoms with van der Waals surface area (Å²) in [7, 11) is 0. The fourth-order valence-corrected chi connectivity index (χ4v) is 3.88. The van der Waals surface area contributed by atoms with Gasteiger partial charge in [-0.1, -0.05) is 66.0 Å². The van der Waals surface area contributed by atoms with Crippen molar-refractivity contribution in [2.24, 2.45) is 11.8 Å². The van der Waals surface area contributed by atoms with E-state index in [1.165, 1.54) is 0 Å². The third kappa shape index (κ3) is 9.32. The first-order valence-electron chi connectivity index (χ1n) is 11.9. The van der Waals surface area contributed by atoms with Crippen LogP contribution in [0.25, 0.3) is 0 Å². The second-order valence-corrected chi connectivity index (χ2v) is 9.39. The highest BCUT2D eigenvalue weighted by Gasteiger charge is 2.32. The molecular weight excluding hydrogens is 392 g/mol. The molecule has 1 rings (SSSR count). The van der Waals surface area contributed by atoms with Gasteiger partial charge in [0.25, 0.3) is 0 Å². The zero-order valence-electron chi connectivity index (χ0n) is 20.0. The molecule has 2 unspecified atom stereocenters. The van der Waals surface area contributed by atoms with Crippen molar-refractivity contribution in [2.45, 2.75) is 97.8 Å². The predicted molar refractivity (Wildman–Crippen MR) is 125 cm³/mol. The molecule has 0 bridgehead atoms. The number of carbonyl (C=O) groups is 2. The van der Waals surface area contributed by atoms with E-state index in [2.05, 4.69) is 34.6 Å². The summed E-state index contributed by atoms with van der Waals surface area (Å²) in [6, 6.07) is 5.38. The maximum Gasteiger partial charge on any atom is 0.311 e. The summed E-state index contributed by atoms with van der Waals surface area (Å²) in [5, 5.41) is 20.0. The van der Waals surface area contributed by atoms with Crippen molar-refractivity contribution in [3.8, 4) is 5.75 Å². The molecule has 0 aromatic heterocycles. The van der Waals surface area contributed by atoms with Crippen molar-refractivity contribution in [1.29, 1.82) is 0 Å². The molecule has 2 atom stereocenters. The molecule has 0 aliphatic rings. The minimum Gasteiger partial charge on any atom is -0.493 e. The number of ether oxygens (including phenoxy) is 1. The summed E-state index contributed by atoms with van der Waals surface area (Å²) < 4.78 is 6.06. The molecular formula is C26H42O5. The Labute approximate surface area is 188 Å². The van der Waals surface area contributed by atoms with Crippen LogP contribution in [0.3, 0.4) is 0 Å². The summed E-state index contributed by atoms with van der Waals surface area (Å²) in [4.78, 5) is 24.5. The van der Waals surface area contributed by atoms with Crippen molar-refractivity contribution < 1.29 is 24.5 Å². The second kappa shape index (κ2) is 14.1. The fraction of sp³-hybridized carbons (Fsp3) is 0.692. The van der Waals surface area contributed by atoms with E-state index in [-0.39, 0.29) is 0 Å². The van der Waals surface area contributed by atoms with Crippen molar-refractivity contribution in [3.05, 3.63) is 29.3 Å². The lowest BCUT2D eigenvalue weighted by Crippen LogP contribution is -2.21. The molecule has 2 N–H and O–H groups in total. The minimum atomic E-state index is -0.920. The van der Waals surface area contributed by atoms with Crippen LogP contribution in [0.15, 0.2) is 18.2 Å². The van der Waals surface area contributed by atoms with Crippen molar-refractivity contribution in [3.63, 3.8) is 0 Å². The number of aliphatic carboxylic acids is 2. The van der Waals surface area contributed by atoms with E-state index >= 15 is 0 Å². The number of unbranched alkanes of at least 4 members (excludes halogenated alkanes) is 3. The van der Waals surface area contributed by atoms with E-state index in [4.69, 9.17) is 4.74 Å². The van der Waals surface area contributed by atoms with Gasteiger partial charge in [0.1, 0.15) is 5.75 Å². The molecule has 31 heavy (non-hydrogen) atoms. The Morgan fingerprint density at radius 2 is 1.42 bits per heavy atom. The maximum absolute atomic E-state index is 12.3. The molecule has 0 saturated carbocycles. The van der Waals surface area contributed by atoms with E-state index in [1.54, 1.807) is 18.2 Å². The number of hydrogen-bond acceptors (Lipinski definition) is 3. The quantitative estimate of drug-likeness (QED) is 0.278. The van der Waals surface area contributed by atoms with Gasteiger partial charge in [0.15, 0.2) is 0 Å². The first kappa shape index (κ1) is 27.0. The second-order valence-electron chi connectivity index (χ2n) is 9.39. The Morgan fingerprint density at radius 1 is 0.839 bits per heavy atom. The van der Waals surface area contributed by atoms with Crippen molar-refractivity contribution in [1.82, 2.24) is 0 Å². The fourth-order valence-electron chi connectivity index (χ4n) is 3.88. The largest absolute Gasteiger partial charge is 0.493 e. The van der Waals surface area contributed by atoms with Crippen LogP contribution >= 0.6 is 0 Å². The highest BCUT2D eigenvalue weighted by molar-refractivity contribution is 5.82. The van der Waals surface area contributed by atoms with Gasteiger partial charge in [0, 0.05) is 5.56 Å². The first-order chi connectivity index (χ1) is 14.7. The molecule has 0 amide bonds. The summed E-state index contributed by atoms with van der Waals surface area (Å²) in [6.07, 6.45) is 6.70. The highest BCUT2D eigenvalue weighted by atomic mass is 16.5. The average molecular weight is 435 g/mol. The summed E-state index contributed by atoms with van der Waals surface area (Å²) in [5.41, 5.74) is 1.15. The molecule has 0 aliphatic heterocycles. The van der Waals surface area contributed by atoms with E-state index in [0.29, 0.717) is 48.2 Å². The summed E-state index contributed by atoms with van der Waals surface area (Å²) in [5.74, 6) is -2.07. The molecule has 0 saturated heterocycles. The van der Waals surface area contributed by atoms with Gasteiger partial charge in [-0.15, -0.1) is 0 Å². The lowest BCUT2D eigenvalue weighted by atomic mass is 9.81. The lowest BCUT2D eigenvalue weighted by Gasteiger charge is -2.25. The van der Waals surface area contributed by atoms with Crippen molar-refractivity contribution >= 4 is 11.9 Å². The Hall–Kier alpha value is -2.04. The standard InChI is InChI=1S/C26H42O5/c1-6-7-8-9-17-31-23-12-10-11-20(21(25(27)28)15-13-18(2)3)24(23)22(26(29)30)16-14-19(4)5/h10-12,18-19,21-22H,6-9,13-17H2,1-5H3,(H,27,28)(H,29,30). The number of carboxylic acids is 2. The Kier molecular flexibility index (Phi) is 12.3. The van der Waals surface area contributed by atoms with Crippen LogP contribution in [0, 0.1) is 11.8 Å². The molecule has 0 spiro atoms. The molecule has 0 aliphatic carbocycles. The van der Waals surface area contributed by atoms with Crippen LogP contribution in [0.5, 0.6) is 5.75 Å². The van der Waals surface area contributed by atoms with Gasteiger partial charge in [0.05, 0.1) is 18.4 Å². The first-order valence-corrected chi connectivity index (χ1v) is 11.9. The van der Waals surface area contributed by atoms with Crippen LogP contribution in [0.2, 0.25) is 0 Å². The number of carboxylic acid groups (broad SMARTS) is 2. The smallest absolute Gasteiger partial charge is 0.311 e. The lowest BCUT2D eigenvalue weighted by molar-refractivity contribution is -0.140. The van der Waals surface area contributed by atoms with Gasteiger partial charge in [-0.25, -0.2) is 0 Å². The molecule has 1 aromatic carbocycles. The molecule has 0 fully saturated rings. The monoisotopic (exact) mass is 434 g/mol. The average Bonchev–Trinajstić information content (AvgIpc) is 2.68.